The van der Waals surface area contributed by atoms with Gasteiger partial charge < -0.3 is 0 Å². The molecule has 0 aliphatic carbocycles. The molecule has 8 heteroatoms. The number of benzene rings is 1. The number of aromatic nitrogens is 3. The minimum absolute atomic E-state index is 0.186. The molecule has 6 nitrogen and oxygen atoms in total. The lowest BCUT2D eigenvalue weighted by Crippen LogP contribution is -2.25. The first-order valence-electron chi connectivity index (χ1n) is 5.56. The topological polar surface area (TPSA) is 76.9 Å². The summed E-state index contributed by atoms with van der Waals surface area (Å²) in [7, 11) is -3.24. The fraction of sp³-hybridized carbons (Fsp3) is 0.273. The predicted molar refractivity (Wildman–Crippen MR) is 67.9 cm³/mol. The lowest BCUT2D eigenvalue weighted by molar-refractivity contribution is 0.584. The Morgan fingerprint density at radius 2 is 2.11 bits per heavy atom. The average Bonchev–Trinajstić information content (AvgIpc) is 2.76. The van der Waals surface area contributed by atoms with Crippen LogP contribution in [0.5, 0.6) is 0 Å². The van der Waals surface area contributed by atoms with Crippen LogP contribution in [0.15, 0.2) is 30.6 Å². The monoisotopic (exact) mass is 284 g/mol. The molecule has 0 amide bonds. The van der Waals surface area contributed by atoms with E-state index in [0.717, 1.165) is 6.26 Å². The van der Waals surface area contributed by atoms with Crippen LogP contribution in [0.2, 0.25) is 0 Å². The summed E-state index contributed by atoms with van der Waals surface area (Å²) < 4.78 is 39.3. The Balaban J connectivity index is 2.17. The highest BCUT2D eigenvalue weighted by Crippen LogP contribution is 2.13. The Morgan fingerprint density at radius 3 is 2.79 bits per heavy atom. The fourth-order valence-corrected chi connectivity index (χ4v) is 2.08. The number of halogens is 1. The molecule has 102 valence electrons. The van der Waals surface area contributed by atoms with Crippen LogP contribution < -0.4 is 4.72 Å². The van der Waals surface area contributed by atoms with Gasteiger partial charge in [-0.05, 0) is 12.1 Å². The van der Waals surface area contributed by atoms with Crippen molar-refractivity contribution >= 4 is 10.0 Å². The first-order chi connectivity index (χ1) is 8.97. The minimum Gasteiger partial charge on any atom is -0.220 e. The minimum atomic E-state index is -3.24. The molecular weight excluding hydrogens is 271 g/mol. The number of nitrogens with one attached hydrogen (secondary N) is 1. The third-order valence-corrected chi connectivity index (χ3v) is 3.14. The third kappa shape index (κ3) is 3.58. The van der Waals surface area contributed by atoms with E-state index in [1.165, 1.54) is 17.1 Å². The molecule has 1 aromatic heterocycles. The molecule has 0 aliphatic heterocycles. The molecule has 1 aromatic carbocycles. The van der Waals surface area contributed by atoms with E-state index in [9.17, 15) is 12.8 Å². The van der Waals surface area contributed by atoms with E-state index in [1.807, 2.05) is 0 Å². The molecule has 1 N–H and O–H groups in total. The second-order valence-corrected chi connectivity index (χ2v) is 5.79. The number of rotatable bonds is 5. The first-order valence-corrected chi connectivity index (χ1v) is 7.45. The van der Waals surface area contributed by atoms with Crippen LogP contribution in [-0.2, 0) is 16.4 Å². The quantitative estimate of drug-likeness (QED) is 0.867. The van der Waals surface area contributed by atoms with Gasteiger partial charge in [0.15, 0.2) is 0 Å². The normalized spacial score (nSPS) is 11.7. The maximum absolute atomic E-state index is 13.6. The van der Waals surface area contributed by atoms with Crippen LogP contribution in [0.3, 0.4) is 0 Å². The van der Waals surface area contributed by atoms with Crippen LogP contribution >= 0.6 is 0 Å². The van der Waals surface area contributed by atoms with Crippen molar-refractivity contribution in [2.45, 2.75) is 6.42 Å². The second kappa shape index (κ2) is 5.45. The molecule has 0 aliphatic rings. The smallest absolute Gasteiger partial charge is 0.208 e. The third-order valence-electron chi connectivity index (χ3n) is 2.41. The zero-order chi connectivity index (χ0) is 13.9. The molecule has 0 atom stereocenters. The van der Waals surface area contributed by atoms with Crippen LogP contribution in [0.25, 0.3) is 5.69 Å². The van der Waals surface area contributed by atoms with Gasteiger partial charge in [0, 0.05) is 13.0 Å². The number of nitrogens with zero attached hydrogens (tertiary/aromatic N) is 3. The van der Waals surface area contributed by atoms with Gasteiger partial charge in [0.25, 0.3) is 0 Å². The summed E-state index contributed by atoms with van der Waals surface area (Å²) >= 11 is 0. The number of sulfonamides is 1. The van der Waals surface area contributed by atoms with Crippen LogP contribution in [0, 0.1) is 5.82 Å². The van der Waals surface area contributed by atoms with Crippen LogP contribution in [-0.4, -0.2) is 36.0 Å². The van der Waals surface area contributed by atoms with Crippen molar-refractivity contribution in [2.24, 2.45) is 0 Å². The molecule has 0 bridgehead atoms. The maximum Gasteiger partial charge on any atom is 0.208 e. The van der Waals surface area contributed by atoms with E-state index in [1.54, 1.807) is 18.2 Å². The van der Waals surface area contributed by atoms with Crippen LogP contribution in [0.4, 0.5) is 4.39 Å². The summed E-state index contributed by atoms with van der Waals surface area (Å²) in [5.41, 5.74) is 0.286. The van der Waals surface area contributed by atoms with Crippen molar-refractivity contribution in [3.8, 4) is 5.69 Å². The van der Waals surface area contributed by atoms with E-state index in [-0.39, 0.29) is 12.2 Å². The summed E-state index contributed by atoms with van der Waals surface area (Å²) in [5, 5.41) is 3.95. The zero-order valence-corrected chi connectivity index (χ0v) is 11.1. The molecule has 1 heterocycles. The standard InChI is InChI=1S/C11H13FN4O2S/c1-19(17,18)15-7-6-11-13-8-14-16(11)10-5-3-2-4-9(10)12/h2-5,8,15H,6-7H2,1H3. The molecule has 0 fully saturated rings. The van der Waals surface area contributed by atoms with Crippen molar-refractivity contribution in [3.05, 3.63) is 42.2 Å². The summed E-state index contributed by atoms with van der Waals surface area (Å²) in [6.45, 7) is 0.186. The Bertz CT molecular complexity index is 669. The molecule has 2 aromatic rings. The van der Waals surface area contributed by atoms with Gasteiger partial charge in [-0.3, -0.25) is 0 Å². The Hall–Kier alpha value is -1.80. The van der Waals surface area contributed by atoms with Crippen molar-refractivity contribution < 1.29 is 12.8 Å². The predicted octanol–water partition coefficient (Wildman–Crippen LogP) is 0.498. The lowest BCUT2D eigenvalue weighted by Gasteiger charge is -2.07. The number of hydrogen-bond donors (Lipinski definition) is 1. The van der Waals surface area contributed by atoms with Crippen LogP contribution in [0.1, 0.15) is 5.82 Å². The second-order valence-electron chi connectivity index (χ2n) is 3.96. The molecule has 0 spiro atoms. The molecule has 19 heavy (non-hydrogen) atoms. The summed E-state index contributed by atoms with van der Waals surface area (Å²) in [4.78, 5) is 4.00. The van der Waals surface area contributed by atoms with E-state index < -0.39 is 15.8 Å². The summed E-state index contributed by atoms with van der Waals surface area (Å²) in [5.74, 6) is 0.0755. The number of para-hydroxylation sites is 1. The molecule has 0 saturated heterocycles. The SMILES string of the molecule is CS(=O)(=O)NCCc1ncnn1-c1ccccc1F. The van der Waals surface area contributed by atoms with E-state index in [0.29, 0.717) is 12.2 Å². The van der Waals surface area contributed by atoms with Gasteiger partial charge in [-0.15, -0.1) is 0 Å². The largest absolute Gasteiger partial charge is 0.220 e. The van der Waals surface area contributed by atoms with Gasteiger partial charge in [0.05, 0.1) is 6.26 Å². The summed E-state index contributed by atoms with van der Waals surface area (Å²) in [6, 6.07) is 6.19. The highest BCUT2D eigenvalue weighted by molar-refractivity contribution is 7.88. The van der Waals surface area contributed by atoms with Gasteiger partial charge in [0.2, 0.25) is 10.0 Å². The van der Waals surface area contributed by atoms with E-state index in [4.69, 9.17) is 0 Å². The zero-order valence-electron chi connectivity index (χ0n) is 10.2. The van der Waals surface area contributed by atoms with Crippen molar-refractivity contribution in [2.75, 3.05) is 12.8 Å². The molecule has 0 unspecified atom stereocenters. The Kier molecular flexibility index (Phi) is 3.91. The van der Waals surface area contributed by atoms with Gasteiger partial charge >= 0.3 is 0 Å². The fourth-order valence-electron chi connectivity index (χ4n) is 1.61. The van der Waals surface area contributed by atoms with Gasteiger partial charge in [-0.1, -0.05) is 12.1 Å². The Morgan fingerprint density at radius 1 is 1.37 bits per heavy atom. The van der Waals surface area contributed by atoms with E-state index in [2.05, 4.69) is 14.8 Å². The highest BCUT2D eigenvalue weighted by Gasteiger charge is 2.10. The number of hydrogen-bond acceptors (Lipinski definition) is 4. The Labute approximate surface area is 110 Å². The first kappa shape index (κ1) is 13.6. The van der Waals surface area contributed by atoms with Gasteiger partial charge in [0.1, 0.15) is 23.7 Å². The molecule has 0 saturated carbocycles. The summed E-state index contributed by atoms with van der Waals surface area (Å²) in [6.07, 6.45) is 2.71. The maximum atomic E-state index is 13.6. The average molecular weight is 284 g/mol. The van der Waals surface area contributed by atoms with Crippen molar-refractivity contribution in [3.63, 3.8) is 0 Å². The van der Waals surface area contributed by atoms with Crippen molar-refractivity contribution in [1.82, 2.24) is 19.5 Å². The molecule has 0 radical (unpaired) electrons. The molecule has 2 rings (SSSR count). The van der Waals surface area contributed by atoms with E-state index >= 15 is 0 Å². The lowest BCUT2D eigenvalue weighted by atomic mass is 10.3. The van der Waals surface area contributed by atoms with Crippen molar-refractivity contribution in [1.29, 1.82) is 0 Å². The van der Waals surface area contributed by atoms with Gasteiger partial charge in [-0.2, -0.15) is 5.10 Å². The highest BCUT2D eigenvalue weighted by atomic mass is 32.2. The van der Waals surface area contributed by atoms with Gasteiger partial charge in [-0.25, -0.2) is 27.2 Å². The molecular formula is C11H13FN4O2S.